The van der Waals surface area contributed by atoms with Crippen LogP contribution in [0.25, 0.3) is 0 Å². The van der Waals surface area contributed by atoms with E-state index < -0.39 is 0 Å². The lowest BCUT2D eigenvalue weighted by atomic mass is 10.1. The summed E-state index contributed by atoms with van der Waals surface area (Å²) in [5.74, 6) is 0.0659. The van der Waals surface area contributed by atoms with Crippen molar-refractivity contribution < 1.29 is 4.79 Å². The Kier molecular flexibility index (Phi) is 5.19. The number of hydrogen-bond acceptors (Lipinski definition) is 2. The van der Waals surface area contributed by atoms with Crippen LogP contribution in [0.3, 0.4) is 0 Å². The highest BCUT2D eigenvalue weighted by molar-refractivity contribution is 9.11. The Labute approximate surface area is 106 Å². The van der Waals surface area contributed by atoms with Gasteiger partial charge in [0.15, 0.2) is 5.78 Å². The van der Waals surface area contributed by atoms with Crippen molar-refractivity contribution in [2.45, 2.75) is 19.3 Å². The molecular weight excluding hydrogens is 322 g/mol. The monoisotopic (exact) mass is 331 g/mol. The van der Waals surface area contributed by atoms with Gasteiger partial charge in [-0.2, -0.15) is 0 Å². The summed E-state index contributed by atoms with van der Waals surface area (Å²) in [6.45, 7) is 3.62. The average Bonchev–Trinajstić information content (AvgIpc) is 2.17. The molecule has 2 nitrogen and oxygen atoms in total. The molecule has 0 radical (unpaired) electrons. The molecular formula is C11H11Br2NO. The maximum absolute atomic E-state index is 11.7. The first-order valence-electron chi connectivity index (χ1n) is 4.60. The second kappa shape index (κ2) is 6.18. The van der Waals surface area contributed by atoms with Crippen molar-refractivity contribution in [1.29, 1.82) is 0 Å². The minimum atomic E-state index is 0.0659. The van der Waals surface area contributed by atoms with Gasteiger partial charge < -0.3 is 0 Å². The smallest absolute Gasteiger partial charge is 0.182 e. The number of hydrogen-bond donors (Lipinski definition) is 0. The fourth-order valence-electron chi connectivity index (χ4n) is 1.15. The lowest BCUT2D eigenvalue weighted by Gasteiger charge is -2.02. The number of unbranched alkanes of at least 4 members (excludes halogenated alkanes) is 1. The highest BCUT2D eigenvalue weighted by Gasteiger charge is 2.11. The van der Waals surface area contributed by atoms with Gasteiger partial charge >= 0.3 is 0 Å². The molecule has 0 unspecified atom stereocenters. The van der Waals surface area contributed by atoms with Crippen LogP contribution in [0, 0.1) is 0 Å². The Morgan fingerprint density at radius 2 is 2.27 bits per heavy atom. The van der Waals surface area contributed by atoms with Crippen LogP contribution in [-0.4, -0.2) is 10.8 Å². The normalized spacial score (nSPS) is 10.0. The topological polar surface area (TPSA) is 30.0 Å². The minimum Gasteiger partial charge on any atom is -0.292 e. The number of ketones is 1. The zero-order chi connectivity index (χ0) is 11.3. The standard InChI is InChI=1S/C11H11Br2NO/c1-2-3-4-5-10(15)11-9(13)6-8(12)7-14-11/h2,6-7H,1,3-5H2. The van der Waals surface area contributed by atoms with Crippen LogP contribution >= 0.6 is 31.9 Å². The highest BCUT2D eigenvalue weighted by atomic mass is 79.9. The van der Waals surface area contributed by atoms with Gasteiger partial charge in [-0.3, -0.25) is 9.78 Å². The van der Waals surface area contributed by atoms with E-state index in [1.54, 1.807) is 6.20 Å². The first-order chi connectivity index (χ1) is 7.15. The lowest BCUT2D eigenvalue weighted by Crippen LogP contribution is -2.02. The molecule has 80 valence electrons. The molecule has 0 atom stereocenters. The van der Waals surface area contributed by atoms with Crippen molar-refractivity contribution in [2.75, 3.05) is 0 Å². The summed E-state index contributed by atoms with van der Waals surface area (Å²) >= 11 is 6.62. The summed E-state index contributed by atoms with van der Waals surface area (Å²) in [5.41, 5.74) is 0.502. The van der Waals surface area contributed by atoms with E-state index in [-0.39, 0.29) is 5.78 Å². The molecule has 0 saturated heterocycles. The molecule has 0 saturated carbocycles. The number of aromatic nitrogens is 1. The van der Waals surface area contributed by atoms with Crippen molar-refractivity contribution in [1.82, 2.24) is 4.98 Å². The van der Waals surface area contributed by atoms with Gasteiger partial charge in [0.1, 0.15) is 5.69 Å². The molecule has 1 aromatic rings. The predicted octanol–water partition coefficient (Wildman–Crippen LogP) is 4.15. The third-order valence-corrected chi connectivity index (χ3v) is 2.92. The van der Waals surface area contributed by atoms with E-state index in [9.17, 15) is 4.79 Å². The largest absolute Gasteiger partial charge is 0.292 e. The zero-order valence-electron chi connectivity index (χ0n) is 8.17. The number of carbonyl (C=O) groups is 1. The van der Waals surface area contributed by atoms with Gasteiger partial charge in [-0.1, -0.05) is 6.08 Å². The maximum Gasteiger partial charge on any atom is 0.182 e. The van der Waals surface area contributed by atoms with E-state index in [0.29, 0.717) is 12.1 Å². The van der Waals surface area contributed by atoms with Crippen LogP contribution in [-0.2, 0) is 0 Å². The summed E-state index contributed by atoms with van der Waals surface area (Å²) in [6, 6.07) is 1.83. The van der Waals surface area contributed by atoms with Crippen LogP contribution in [0.4, 0.5) is 0 Å². The van der Waals surface area contributed by atoms with Crippen molar-refractivity contribution in [3.05, 3.63) is 39.6 Å². The Balaban J connectivity index is 2.69. The molecule has 15 heavy (non-hydrogen) atoms. The number of pyridine rings is 1. The van der Waals surface area contributed by atoms with Gasteiger partial charge in [-0.15, -0.1) is 6.58 Å². The predicted molar refractivity (Wildman–Crippen MR) is 68.0 cm³/mol. The van der Waals surface area contributed by atoms with Gasteiger partial charge in [0.2, 0.25) is 0 Å². The molecule has 0 bridgehead atoms. The maximum atomic E-state index is 11.7. The van der Waals surface area contributed by atoms with Gasteiger partial charge in [0.05, 0.1) is 0 Å². The highest BCUT2D eigenvalue weighted by Crippen LogP contribution is 2.21. The summed E-state index contributed by atoms with van der Waals surface area (Å²) in [6.07, 6.45) is 5.65. The molecule has 1 heterocycles. The summed E-state index contributed by atoms with van der Waals surface area (Å²) < 4.78 is 1.59. The van der Waals surface area contributed by atoms with Gasteiger partial charge in [0.25, 0.3) is 0 Å². The van der Waals surface area contributed by atoms with Crippen LogP contribution in [0.2, 0.25) is 0 Å². The minimum absolute atomic E-state index is 0.0659. The molecule has 1 aromatic heterocycles. The lowest BCUT2D eigenvalue weighted by molar-refractivity contribution is 0.0975. The molecule has 0 aromatic carbocycles. The summed E-state index contributed by atoms with van der Waals surface area (Å²) in [7, 11) is 0. The second-order valence-electron chi connectivity index (χ2n) is 3.09. The van der Waals surface area contributed by atoms with Gasteiger partial charge in [0, 0.05) is 21.6 Å². The number of Topliss-reactive ketones (excluding diaryl/α,β-unsaturated/α-hetero) is 1. The van der Waals surface area contributed by atoms with Gasteiger partial charge in [-0.05, 0) is 50.8 Å². The van der Waals surface area contributed by atoms with E-state index in [0.717, 1.165) is 21.8 Å². The summed E-state index contributed by atoms with van der Waals surface area (Å²) in [4.78, 5) is 15.8. The number of rotatable bonds is 5. The summed E-state index contributed by atoms with van der Waals surface area (Å²) in [5, 5.41) is 0. The first-order valence-corrected chi connectivity index (χ1v) is 6.19. The van der Waals surface area contributed by atoms with Crippen LogP contribution < -0.4 is 0 Å². The molecule has 0 spiro atoms. The fourth-order valence-corrected chi connectivity index (χ4v) is 2.35. The molecule has 4 heteroatoms. The van der Waals surface area contributed by atoms with Crippen LogP contribution in [0.5, 0.6) is 0 Å². The third-order valence-electron chi connectivity index (χ3n) is 1.88. The van der Waals surface area contributed by atoms with Gasteiger partial charge in [-0.25, -0.2) is 0 Å². The fraction of sp³-hybridized carbons (Fsp3) is 0.273. The van der Waals surface area contributed by atoms with E-state index >= 15 is 0 Å². The number of halogens is 2. The third kappa shape index (κ3) is 3.87. The van der Waals surface area contributed by atoms with E-state index in [1.807, 2.05) is 12.1 Å². The molecule has 1 rings (SSSR count). The zero-order valence-corrected chi connectivity index (χ0v) is 11.3. The van der Waals surface area contributed by atoms with Crippen molar-refractivity contribution in [3.8, 4) is 0 Å². The number of nitrogens with zero attached hydrogens (tertiary/aromatic N) is 1. The quantitative estimate of drug-likeness (QED) is 0.460. The van der Waals surface area contributed by atoms with E-state index in [2.05, 4.69) is 43.4 Å². The van der Waals surface area contributed by atoms with Crippen molar-refractivity contribution in [2.24, 2.45) is 0 Å². The number of carbonyl (C=O) groups excluding carboxylic acids is 1. The molecule has 0 amide bonds. The number of allylic oxidation sites excluding steroid dienone is 1. The Bertz CT molecular complexity index is 377. The van der Waals surface area contributed by atoms with Crippen LogP contribution in [0.15, 0.2) is 33.9 Å². The van der Waals surface area contributed by atoms with Crippen molar-refractivity contribution >= 4 is 37.6 Å². The second-order valence-corrected chi connectivity index (χ2v) is 4.86. The molecule has 0 fully saturated rings. The molecule has 0 N–H and O–H groups in total. The molecule has 0 aliphatic carbocycles. The van der Waals surface area contributed by atoms with Crippen LogP contribution in [0.1, 0.15) is 29.8 Å². The van der Waals surface area contributed by atoms with E-state index in [1.165, 1.54) is 0 Å². The Morgan fingerprint density at radius 3 is 2.87 bits per heavy atom. The average molecular weight is 333 g/mol. The SMILES string of the molecule is C=CCCCC(=O)c1ncc(Br)cc1Br. The molecule has 0 aliphatic rings. The first kappa shape index (κ1) is 12.6. The molecule has 0 aliphatic heterocycles. The Morgan fingerprint density at radius 1 is 1.53 bits per heavy atom. The Hall–Kier alpha value is -0.480. The van der Waals surface area contributed by atoms with E-state index in [4.69, 9.17) is 0 Å². The van der Waals surface area contributed by atoms with Crippen molar-refractivity contribution in [3.63, 3.8) is 0 Å².